The van der Waals surface area contributed by atoms with Crippen LogP contribution >= 0.6 is 0 Å². The zero-order chi connectivity index (χ0) is 17.1. The fourth-order valence-electron chi connectivity index (χ4n) is 1.74. The van der Waals surface area contributed by atoms with Crippen molar-refractivity contribution in [2.45, 2.75) is 0 Å². The number of hydrogen-bond acceptors (Lipinski definition) is 6. The second kappa shape index (κ2) is 6.28. The largest absolute Gasteiger partial charge is 0.399 e. The number of aromatic amines is 1. The minimum absolute atomic E-state index is 0.171. The van der Waals surface area contributed by atoms with E-state index < -0.39 is 17.5 Å². The molecule has 0 atom stereocenters. The average molecular weight is 333 g/mol. The normalized spacial score (nSPS) is 10.4. The molecule has 0 radical (unpaired) electrons. The van der Waals surface area contributed by atoms with Crippen LogP contribution in [0.25, 0.3) is 0 Å². The van der Waals surface area contributed by atoms with E-state index in [1.807, 2.05) is 0 Å². The Morgan fingerprint density at radius 2 is 1.88 bits per heavy atom. The quantitative estimate of drug-likeness (QED) is 0.673. The van der Waals surface area contributed by atoms with Gasteiger partial charge in [0, 0.05) is 24.0 Å². The summed E-state index contributed by atoms with van der Waals surface area (Å²) < 4.78 is 31.0. The number of rotatable bonds is 4. The van der Waals surface area contributed by atoms with Gasteiger partial charge >= 0.3 is 17.8 Å². The summed E-state index contributed by atoms with van der Waals surface area (Å²) in [7, 11) is 0. The maximum absolute atomic E-state index is 13.1. The van der Waals surface area contributed by atoms with E-state index in [2.05, 4.69) is 25.8 Å². The van der Waals surface area contributed by atoms with Crippen LogP contribution in [-0.4, -0.2) is 21.1 Å². The second-order valence-corrected chi connectivity index (χ2v) is 4.56. The number of benzene rings is 1. The van der Waals surface area contributed by atoms with Crippen LogP contribution in [-0.2, 0) is 0 Å². The van der Waals surface area contributed by atoms with Gasteiger partial charge in [-0.1, -0.05) is 5.10 Å². The van der Waals surface area contributed by atoms with Gasteiger partial charge < -0.3 is 20.0 Å². The van der Waals surface area contributed by atoms with Gasteiger partial charge in [0.25, 0.3) is 0 Å². The van der Waals surface area contributed by atoms with Crippen molar-refractivity contribution in [2.75, 3.05) is 10.6 Å². The molecule has 1 aromatic carbocycles. The van der Waals surface area contributed by atoms with Gasteiger partial charge in [-0.2, -0.15) is 0 Å². The molecule has 24 heavy (non-hydrogen) atoms. The molecule has 3 N–H and O–H groups in total. The first-order valence-corrected chi connectivity index (χ1v) is 6.57. The van der Waals surface area contributed by atoms with Crippen molar-refractivity contribution in [3.63, 3.8) is 0 Å². The van der Waals surface area contributed by atoms with Crippen LogP contribution < -0.4 is 16.2 Å². The minimum atomic E-state index is -1.05. The van der Waals surface area contributed by atoms with E-state index in [4.69, 9.17) is 4.42 Å². The molecule has 2 heterocycles. The summed E-state index contributed by atoms with van der Waals surface area (Å²) in [5.41, 5.74) is 0.182. The molecule has 0 unspecified atom stereocenters. The molecule has 0 fully saturated rings. The van der Waals surface area contributed by atoms with Gasteiger partial charge in [-0.25, -0.2) is 8.78 Å². The Hall–Kier alpha value is -3.56. The third-order valence-electron chi connectivity index (χ3n) is 2.83. The number of amides is 1. The van der Waals surface area contributed by atoms with E-state index in [1.165, 1.54) is 24.4 Å². The predicted molar refractivity (Wildman–Crippen MR) is 79.0 cm³/mol. The molecule has 3 rings (SSSR count). The average Bonchev–Trinajstić information content (AvgIpc) is 3.02. The highest BCUT2D eigenvalue weighted by molar-refractivity contribution is 6.00. The Bertz CT molecular complexity index is 933. The molecule has 0 spiro atoms. The molecule has 10 heteroatoms. The van der Waals surface area contributed by atoms with Gasteiger partial charge in [-0.3, -0.25) is 9.59 Å². The molecule has 1 amide bonds. The number of H-pyrrole nitrogens is 1. The van der Waals surface area contributed by atoms with Crippen molar-refractivity contribution in [1.29, 1.82) is 0 Å². The molecule has 3 aromatic rings. The molecule has 0 aliphatic carbocycles. The zero-order valence-electron chi connectivity index (χ0n) is 11.8. The lowest BCUT2D eigenvalue weighted by atomic mass is 10.3. The lowest BCUT2D eigenvalue weighted by Crippen LogP contribution is -2.14. The minimum Gasteiger partial charge on any atom is -0.399 e. The van der Waals surface area contributed by atoms with Crippen molar-refractivity contribution < 1.29 is 18.0 Å². The van der Waals surface area contributed by atoms with E-state index in [9.17, 15) is 18.4 Å². The maximum atomic E-state index is 13.1. The Kier molecular flexibility index (Phi) is 4.01. The smallest absolute Gasteiger partial charge is 0.320 e. The fourth-order valence-corrected chi connectivity index (χ4v) is 1.74. The highest BCUT2D eigenvalue weighted by Crippen LogP contribution is 2.18. The van der Waals surface area contributed by atoms with E-state index in [1.54, 1.807) is 0 Å². The van der Waals surface area contributed by atoms with Gasteiger partial charge in [-0.05, 0) is 18.2 Å². The van der Waals surface area contributed by atoms with Crippen molar-refractivity contribution >= 4 is 23.3 Å². The Labute approximate surface area is 132 Å². The summed E-state index contributed by atoms with van der Waals surface area (Å²) in [6, 6.07) is 5.56. The lowest BCUT2D eigenvalue weighted by Gasteiger charge is -2.02. The number of anilines is 3. The molecule has 0 aliphatic heterocycles. The molecular formula is C14H9F2N5O3. The third-order valence-corrected chi connectivity index (χ3v) is 2.83. The number of pyridine rings is 1. The number of halogens is 2. The van der Waals surface area contributed by atoms with Gasteiger partial charge in [0.15, 0.2) is 11.6 Å². The highest BCUT2D eigenvalue weighted by Gasteiger charge is 2.15. The van der Waals surface area contributed by atoms with Crippen molar-refractivity contribution in [2.24, 2.45) is 0 Å². The molecule has 2 aromatic heterocycles. The molecular weight excluding hydrogens is 324 g/mol. The SMILES string of the molecule is O=C(Nc1ccc(=O)[nH]c1)c1nnc(Nc2ccc(F)c(F)c2)o1. The molecule has 0 aliphatic rings. The Balaban J connectivity index is 1.70. The van der Waals surface area contributed by atoms with E-state index >= 15 is 0 Å². The Morgan fingerprint density at radius 1 is 1.08 bits per heavy atom. The van der Waals surface area contributed by atoms with Crippen LogP contribution in [0.4, 0.5) is 26.2 Å². The van der Waals surface area contributed by atoms with Gasteiger partial charge in [-0.15, -0.1) is 5.10 Å². The topological polar surface area (TPSA) is 113 Å². The first-order chi connectivity index (χ1) is 11.5. The summed E-state index contributed by atoms with van der Waals surface area (Å²) in [4.78, 5) is 25.2. The summed E-state index contributed by atoms with van der Waals surface area (Å²) in [6.07, 6.45) is 1.30. The van der Waals surface area contributed by atoms with Crippen LogP contribution in [0.2, 0.25) is 0 Å². The summed E-state index contributed by atoms with van der Waals surface area (Å²) >= 11 is 0. The van der Waals surface area contributed by atoms with Gasteiger partial charge in [0.1, 0.15) is 0 Å². The zero-order valence-corrected chi connectivity index (χ0v) is 11.8. The van der Waals surface area contributed by atoms with Crippen LogP contribution in [0.5, 0.6) is 0 Å². The number of nitrogens with zero attached hydrogens (tertiary/aromatic N) is 2. The van der Waals surface area contributed by atoms with Crippen LogP contribution in [0.3, 0.4) is 0 Å². The third kappa shape index (κ3) is 3.43. The van der Waals surface area contributed by atoms with Crippen molar-refractivity contribution in [3.8, 4) is 0 Å². The van der Waals surface area contributed by atoms with E-state index in [-0.39, 0.29) is 23.2 Å². The molecule has 0 saturated carbocycles. The fraction of sp³-hybridized carbons (Fsp3) is 0. The number of carbonyl (C=O) groups excluding carboxylic acids is 1. The molecule has 8 nitrogen and oxygen atoms in total. The number of nitrogens with one attached hydrogen (secondary N) is 3. The van der Waals surface area contributed by atoms with Crippen LogP contribution in [0.1, 0.15) is 10.7 Å². The van der Waals surface area contributed by atoms with E-state index in [0.29, 0.717) is 5.69 Å². The second-order valence-electron chi connectivity index (χ2n) is 4.56. The molecule has 0 bridgehead atoms. The van der Waals surface area contributed by atoms with Crippen molar-refractivity contribution in [3.05, 3.63) is 64.4 Å². The first kappa shape index (κ1) is 15.3. The monoisotopic (exact) mass is 333 g/mol. The summed E-state index contributed by atoms with van der Waals surface area (Å²) in [5, 5.41) is 12.1. The van der Waals surface area contributed by atoms with Gasteiger partial charge in [0.05, 0.1) is 5.69 Å². The standard InChI is InChI=1S/C14H9F2N5O3/c15-9-3-1-7(5-10(9)16)19-14-21-20-13(24-14)12(23)18-8-2-4-11(22)17-6-8/h1-6H,(H,17,22)(H,18,23)(H,19,21). The number of carbonyl (C=O) groups is 1. The number of aromatic nitrogens is 3. The number of hydrogen-bond donors (Lipinski definition) is 3. The molecule has 122 valence electrons. The van der Waals surface area contributed by atoms with Crippen molar-refractivity contribution in [1.82, 2.24) is 15.2 Å². The van der Waals surface area contributed by atoms with Gasteiger partial charge in [0.2, 0.25) is 5.56 Å². The maximum Gasteiger partial charge on any atom is 0.320 e. The highest BCUT2D eigenvalue weighted by atomic mass is 19.2. The summed E-state index contributed by atoms with van der Waals surface area (Å²) in [5.74, 6) is -3.10. The van der Waals surface area contributed by atoms with E-state index in [0.717, 1.165) is 12.1 Å². The lowest BCUT2D eigenvalue weighted by molar-refractivity contribution is 0.0991. The summed E-state index contributed by atoms with van der Waals surface area (Å²) in [6.45, 7) is 0. The Morgan fingerprint density at radius 3 is 2.58 bits per heavy atom. The predicted octanol–water partition coefficient (Wildman–Crippen LogP) is 2.03. The first-order valence-electron chi connectivity index (χ1n) is 6.57. The van der Waals surface area contributed by atoms with Crippen LogP contribution in [0, 0.1) is 11.6 Å². The molecule has 0 saturated heterocycles. The van der Waals surface area contributed by atoms with Crippen LogP contribution in [0.15, 0.2) is 45.7 Å².